The number of nitrogens with one attached hydrogen (secondary N) is 1. The number of carbonyl (C=O) groups excluding carboxylic acids is 1. The first-order valence-electron chi connectivity index (χ1n) is 10.9. The Morgan fingerprint density at radius 1 is 1.00 bits per heavy atom. The minimum Gasteiger partial charge on any atom is -0.337 e. The number of sulfonamides is 1. The van der Waals surface area contributed by atoms with Crippen LogP contribution in [-0.2, 0) is 30.2 Å². The van der Waals surface area contributed by atoms with Crippen LogP contribution in [0.2, 0.25) is 0 Å². The van der Waals surface area contributed by atoms with Gasteiger partial charge in [0.2, 0.25) is 0 Å². The molecule has 9 heteroatoms. The molecule has 0 atom stereocenters. The highest BCUT2D eigenvalue weighted by molar-refractivity contribution is 7.92. The molecule has 0 saturated heterocycles. The number of aromatic nitrogens is 2. The standard InChI is InChI=1S/C26H25FN4O3S/c1-19-7-13-22(14-8-19)35(33,34)29-24-6-4-3-5-23(24)26(32)31(18-25-28-15-16-30(25)2)17-20-9-11-21(27)12-10-20/h3-16,29H,17-18H2,1-2H3. The first-order valence-corrected chi connectivity index (χ1v) is 12.4. The molecule has 4 rings (SSSR count). The number of para-hydroxylation sites is 1. The van der Waals surface area contributed by atoms with Crippen molar-refractivity contribution in [2.75, 3.05) is 4.72 Å². The molecular formula is C26H25FN4O3S. The van der Waals surface area contributed by atoms with Crippen molar-refractivity contribution in [2.45, 2.75) is 24.9 Å². The number of carbonyl (C=O) groups is 1. The number of benzene rings is 3. The molecule has 35 heavy (non-hydrogen) atoms. The van der Waals surface area contributed by atoms with Crippen LogP contribution in [0.1, 0.15) is 27.3 Å². The molecule has 180 valence electrons. The molecule has 0 aliphatic heterocycles. The Morgan fingerprint density at radius 2 is 1.69 bits per heavy atom. The maximum Gasteiger partial charge on any atom is 0.261 e. The number of amides is 1. The van der Waals surface area contributed by atoms with Gasteiger partial charge in [0.15, 0.2) is 0 Å². The first-order chi connectivity index (χ1) is 16.7. The van der Waals surface area contributed by atoms with Crippen molar-refractivity contribution in [3.05, 3.63) is 114 Å². The molecule has 1 amide bonds. The number of rotatable bonds is 8. The van der Waals surface area contributed by atoms with E-state index in [0.717, 1.165) is 11.1 Å². The third-order valence-corrected chi connectivity index (χ3v) is 6.94. The summed E-state index contributed by atoms with van der Waals surface area (Å²) in [5, 5.41) is 0. The van der Waals surface area contributed by atoms with Crippen LogP contribution in [0.5, 0.6) is 0 Å². The van der Waals surface area contributed by atoms with Gasteiger partial charge in [-0.3, -0.25) is 9.52 Å². The van der Waals surface area contributed by atoms with Crippen LogP contribution in [0.25, 0.3) is 0 Å². The summed E-state index contributed by atoms with van der Waals surface area (Å²) < 4.78 is 43.8. The van der Waals surface area contributed by atoms with Crippen molar-refractivity contribution in [2.24, 2.45) is 7.05 Å². The summed E-state index contributed by atoms with van der Waals surface area (Å²) in [6.07, 6.45) is 3.42. The van der Waals surface area contributed by atoms with Gasteiger partial charge in [0.1, 0.15) is 11.6 Å². The average Bonchev–Trinajstić information content (AvgIpc) is 3.24. The predicted octanol–water partition coefficient (Wildman–Crippen LogP) is 4.51. The number of hydrogen-bond donors (Lipinski definition) is 1. The molecule has 7 nitrogen and oxygen atoms in total. The molecule has 0 fully saturated rings. The Labute approximate surface area is 203 Å². The monoisotopic (exact) mass is 492 g/mol. The first kappa shape index (κ1) is 24.2. The number of anilines is 1. The van der Waals surface area contributed by atoms with Crippen LogP contribution < -0.4 is 4.72 Å². The van der Waals surface area contributed by atoms with E-state index in [9.17, 15) is 17.6 Å². The lowest BCUT2D eigenvalue weighted by atomic mass is 10.1. The van der Waals surface area contributed by atoms with Gasteiger partial charge in [0.05, 0.1) is 22.7 Å². The number of imidazole rings is 1. The van der Waals surface area contributed by atoms with Crippen LogP contribution in [0.15, 0.2) is 90.1 Å². The Morgan fingerprint density at radius 3 is 2.34 bits per heavy atom. The molecule has 0 bridgehead atoms. The summed E-state index contributed by atoms with van der Waals surface area (Å²) in [6, 6.07) is 18.8. The molecule has 1 heterocycles. The van der Waals surface area contributed by atoms with Crippen molar-refractivity contribution >= 4 is 21.6 Å². The summed E-state index contributed by atoms with van der Waals surface area (Å²) in [5.74, 6) is -0.107. The largest absolute Gasteiger partial charge is 0.337 e. The van der Waals surface area contributed by atoms with E-state index in [4.69, 9.17) is 0 Å². The topological polar surface area (TPSA) is 84.3 Å². The van der Waals surface area contributed by atoms with E-state index in [-0.39, 0.29) is 41.0 Å². The predicted molar refractivity (Wildman–Crippen MR) is 132 cm³/mol. The molecule has 4 aromatic rings. The molecule has 0 saturated carbocycles. The number of aryl methyl sites for hydroxylation is 2. The lowest BCUT2D eigenvalue weighted by Gasteiger charge is -2.24. The van der Waals surface area contributed by atoms with E-state index in [1.165, 1.54) is 24.3 Å². The Bertz CT molecular complexity index is 1430. The highest BCUT2D eigenvalue weighted by atomic mass is 32.2. The third-order valence-electron chi connectivity index (χ3n) is 5.56. The van der Waals surface area contributed by atoms with Crippen LogP contribution in [0.4, 0.5) is 10.1 Å². The van der Waals surface area contributed by atoms with Crippen molar-refractivity contribution in [1.82, 2.24) is 14.5 Å². The van der Waals surface area contributed by atoms with E-state index >= 15 is 0 Å². The van der Waals surface area contributed by atoms with E-state index in [1.54, 1.807) is 70.4 Å². The lowest BCUT2D eigenvalue weighted by molar-refractivity contribution is 0.0725. The molecule has 1 aromatic heterocycles. The Kier molecular flexibility index (Phi) is 6.97. The second-order valence-electron chi connectivity index (χ2n) is 8.21. The highest BCUT2D eigenvalue weighted by Gasteiger charge is 2.23. The van der Waals surface area contributed by atoms with Gasteiger partial charge in [-0.25, -0.2) is 17.8 Å². The van der Waals surface area contributed by atoms with Crippen LogP contribution in [0.3, 0.4) is 0 Å². The molecule has 0 spiro atoms. The maximum absolute atomic E-state index is 13.7. The van der Waals surface area contributed by atoms with Crippen molar-refractivity contribution in [1.29, 1.82) is 0 Å². The van der Waals surface area contributed by atoms with E-state index < -0.39 is 10.0 Å². The van der Waals surface area contributed by atoms with Crippen LogP contribution >= 0.6 is 0 Å². The SMILES string of the molecule is Cc1ccc(S(=O)(=O)Nc2ccccc2C(=O)N(Cc2ccc(F)cc2)Cc2nccn2C)cc1. The molecule has 1 N–H and O–H groups in total. The summed E-state index contributed by atoms with van der Waals surface area (Å²) in [7, 11) is -2.09. The number of nitrogens with zero attached hydrogens (tertiary/aromatic N) is 3. The summed E-state index contributed by atoms with van der Waals surface area (Å²) in [6.45, 7) is 2.23. The van der Waals surface area contributed by atoms with E-state index in [0.29, 0.717) is 5.82 Å². The second-order valence-corrected chi connectivity index (χ2v) is 9.89. The van der Waals surface area contributed by atoms with Crippen molar-refractivity contribution in [3.8, 4) is 0 Å². The van der Waals surface area contributed by atoms with Gasteiger partial charge in [-0.15, -0.1) is 0 Å². The molecule has 0 aliphatic carbocycles. The van der Waals surface area contributed by atoms with Gasteiger partial charge in [0.25, 0.3) is 15.9 Å². The minimum atomic E-state index is -3.91. The fraction of sp³-hybridized carbons (Fsp3) is 0.154. The number of hydrogen-bond acceptors (Lipinski definition) is 4. The van der Waals surface area contributed by atoms with Gasteiger partial charge >= 0.3 is 0 Å². The zero-order chi connectivity index (χ0) is 25.0. The van der Waals surface area contributed by atoms with Crippen molar-refractivity contribution in [3.63, 3.8) is 0 Å². The number of halogens is 1. The minimum absolute atomic E-state index is 0.0986. The fourth-order valence-corrected chi connectivity index (χ4v) is 4.66. The van der Waals surface area contributed by atoms with Gasteiger partial charge in [0, 0.05) is 26.0 Å². The second kappa shape index (κ2) is 10.1. The van der Waals surface area contributed by atoms with E-state index in [2.05, 4.69) is 9.71 Å². The molecule has 3 aromatic carbocycles. The van der Waals surface area contributed by atoms with Gasteiger partial charge in [-0.05, 0) is 48.9 Å². The fourth-order valence-electron chi connectivity index (χ4n) is 3.58. The Balaban J connectivity index is 1.66. The van der Waals surface area contributed by atoms with Gasteiger partial charge in [-0.2, -0.15) is 0 Å². The normalized spacial score (nSPS) is 11.3. The summed E-state index contributed by atoms with van der Waals surface area (Å²) in [4.78, 5) is 19.7. The molecular weight excluding hydrogens is 467 g/mol. The van der Waals surface area contributed by atoms with Crippen molar-refractivity contribution < 1.29 is 17.6 Å². The molecule has 0 aliphatic rings. The summed E-state index contributed by atoms with van der Waals surface area (Å²) in [5.41, 5.74) is 2.03. The zero-order valence-electron chi connectivity index (χ0n) is 19.3. The highest BCUT2D eigenvalue weighted by Crippen LogP contribution is 2.23. The quantitative estimate of drug-likeness (QED) is 0.392. The average molecular weight is 493 g/mol. The third kappa shape index (κ3) is 5.75. The Hall–Kier alpha value is -3.98. The van der Waals surface area contributed by atoms with Gasteiger partial charge < -0.3 is 9.47 Å². The molecule has 0 radical (unpaired) electrons. The lowest BCUT2D eigenvalue weighted by Crippen LogP contribution is -2.32. The smallest absolute Gasteiger partial charge is 0.261 e. The zero-order valence-corrected chi connectivity index (χ0v) is 20.2. The van der Waals surface area contributed by atoms with Crippen LogP contribution in [0, 0.1) is 12.7 Å². The maximum atomic E-state index is 13.7. The molecule has 0 unspecified atom stereocenters. The summed E-state index contributed by atoms with van der Waals surface area (Å²) >= 11 is 0. The van der Waals surface area contributed by atoms with E-state index in [1.807, 2.05) is 14.0 Å². The van der Waals surface area contributed by atoms with Gasteiger partial charge in [-0.1, -0.05) is 42.0 Å². The van der Waals surface area contributed by atoms with Crippen LogP contribution in [-0.4, -0.2) is 28.8 Å².